The second-order valence-corrected chi connectivity index (χ2v) is 11.4. The van der Waals surface area contributed by atoms with Gasteiger partial charge in [0.05, 0.1) is 5.92 Å². The summed E-state index contributed by atoms with van der Waals surface area (Å²) < 4.78 is 5.78. The molecule has 1 aromatic rings. The number of carbonyl (C=O) groups excluding carboxylic acids is 1. The Bertz CT molecular complexity index is 671. The van der Waals surface area contributed by atoms with Crippen molar-refractivity contribution in [1.82, 2.24) is 0 Å². The van der Waals surface area contributed by atoms with Crippen LogP contribution in [0.25, 0.3) is 0 Å². The number of hydrogen-bond donors (Lipinski definition) is 0. The first kappa shape index (κ1) is 27.3. The molecule has 1 saturated heterocycles. The third-order valence-corrected chi connectivity index (χ3v) is 8.59. The molecule has 1 aliphatic heterocycles. The Morgan fingerprint density at radius 3 is 1.82 bits per heavy atom. The number of rotatable bonds is 16. The number of carbonyl (C=O) groups is 1. The van der Waals surface area contributed by atoms with Crippen molar-refractivity contribution in [1.29, 1.82) is 0 Å². The van der Waals surface area contributed by atoms with E-state index in [1.807, 2.05) is 0 Å². The molecule has 2 aliphatic rings. The number of cyclic esters (lactones) is 1. The predicted molar refractivity (Wildman–Crippen MR) is 144 cm³/mol. The molecule has 1 aliphatic carbocycles. The average molecular weight is 469 g/mol. The SMILES string of the molecule is CCCCCCCCC1CCC(c2ccc(C3CC(CCCCCCCC)C(=O)O3)cc2)CC1. The Balaban J connectivity index is 1.35. The van der Waals surface area contributed by atoms with Crippen LogP contribution in [0.4, 0.5) is 0 Å². The van der Waals surface area contributed by atoms with Gasteiger partial charge in [0.25, 0.3) is 0 Å². The maximum Gasteiger partial charge on any atom is 0.309 e. The molecule has 2 atom stereocenters. The standard InChI is InChI=1S/C32H52O2/c1-3-5-7-9-11-13-15-26-17-19-27(20-18-26)28-21-23-29(24-22-28)31-25-30(32(33)34-31)16-14-12-10-8-6-4-2/h21-24,26-27,30-31H,3-20,25H2,1-2H3. The lowest BCUT2D eigenvalue weighted by Gasteiger charge is -2.29. The molecule has 1 heterocycles. The lowest BCUT2D eigenvalue weighted by atomic mass is 9.77. The van der Waals surface area contributed by atoms with Crippen molar-refractivity contribution in [2.75, 3.05) is 0 Å². The first-order valence-corrected chi connectivity index (χ1v) is 15.0. The summed E-state index contributed by atoms with van der Waals surface area (Å²) in [5.74, 6) is 1.83. The van der Waals surface area contributed by atoms with Crippen LogP contribution in [0.3, 0.4) is 0 Å². The van der Waals surface area contributed by atoms with E-state index in [4.69, 9.17) is 4.74 Å². The molecule has 192 valence electrons. The van der Waals surface area contributed by atoms with Gasteiger partial charge in [0.1, 0.15) is 6.10 Å². The third kappa shape index (κ3) is 9.04. The normalized spacial score (nSPS) is 24.9. The number of unbranched alkanes of at least 4 members (excludes halogenated alkanes) is 10. The van der Waals surface area contributed by atoms with Crippen LogP contribution in [0.2, 0.25) is 0 Å². The van der Waals surface area contributed by atoms with Crippen molar-refractivity contribution in [2.24, 2.45) is 11.8 Å². The summed E-state index contributed by atoms with van der Waals surface area (Å²) in [6.07, 6.45) is 25.0. The number of hydrogen-bond acceptors (Lipinski definition) is 2. The minimum Gasteiger partial charge on any atom is -0.457 e. The molecule has 0 N–H and O–H groups in total. The van der Waals surface area contributed by atoms with Crippen molar-refractivity contribution in [2.45, 2.75) is 148 Å². The molecular weight excluding hydrogens is 416 g/mol. The molecule has 2 nitrogen and oxygen atoms in total. The maximum atomic E-state index is 12.4. The van der Waals surface area contributed by atoms with Crippen molar-refractivity contribution in [3.63, 3.8) is 0 Å². The van der Waals surface area contributed by atoms with E-state index in [1.165, 1.54) is 114 Å². The summed E-state index contributed by atoms with van der Waals surface area (Å²) in [6.45, 7) is 4.55. The third-order valence-electron chi connectivity index (χ3n) is 8.59. The summed E-state index contributed by atoms with van der Waals surface area (Å²) in [4.78, 5) is 12.4. The minimum absolute atomic E-state index is 0.0281. The van der Waals surface area contributed by atoms with Crippen molar-refractivity contribution in [3.05, 3.63) is 35.4 Å². The fourth-order valence-corrected chi connectivity index (χ4v) is 6.23. The lowest BCUT2D eigenvalue weighted by Crippen LogP contribution is -2.13. The highest BCUT2D eigenvalue weighted by atomic mass is 16.6. The molecule has 2 fully saturated rings. The second-order valence-electron chi connectivity index (χ2n) is 11.4. The quantitative estimate of drug-likeness (QED) is 0.178. The zero-order chi connectivity index (χ0) is 24.0. The molecule has 0 spiro atoms. The topological polar surface area (TPSA) is 26.3 Å². The Labute approximate surface area is 210 Å². The summed E-state index contributed by atoms with van der Waals surface area (Å²) in [6, 6.07) is 9.12. The highest BCUT2D eigenvalue weighted by molar-refractivity contribution is 5.74. The molecule has 3 rings (SSSR count). The minimum atomic E-state index is -0.0281. The first-order valence-electron chi connectivity index (χ1n) is 15.0. The zero-order valence-corrected chi connectivity index (χ0v) is 22.4. The van der Waals surface area contributed by atoms with Gasteiger partial charge < -0.3 is 4.74 Å². The van der Waals surface area contributed by atoms with Crippen LogP contribution >= 0.6 is 0 Å². The molecule has 2 heteroatoms. The maximum absolute atomic E-state index is 12.4. The average Bonchev–Trinajstić information content (AvgIpc) is 3.24. The van der Waals surface area contributed by atoms with Gasteiger partial charge in [-0.15, -0.1) is 0 Å². The molecule has 0 amide bonds. The van der Waals surface area contributed by atoms with Crippen LogP contribution in [0, 0.1) is 11.8 Å². The van der Waals surface area contributed by atoms with Crippen molar-refractivity contribution < 1.29 is 9.53 Å². The van der Waals surface area contributed by atoms with E-state index in [-0.39, 0.29) is 18.0 Å². The molecule has 0 aromatic heterocycles. The Morgan fingerprint density at radius 2 is 1.21 bits per heavy atom. The van der Waals surface area contributed by atoms with Crippen LogP contribution in [-0.2, 0) is 9.53 Å². The van der Waals surface area contributed by atoms with E-state index in [9.17, 15) is 4.79 Å². The summed E-state index contributed by atoms with van der Waals surface area (Å²) >= 11 is 0. The monoisotopic (exact) mass is 468 g/mol. The van der Waals surface area contributed by atoms with E-state index in [0.717, 1.165) is 31.1 Å². The lowest BCUT2D eigenvalue weighted by molar-refractivity contribution is -0.144. The van der Waals surface area contributed by atoms with Crippen LogP contribution in [0.15, 0.2) is 24.3 Å². The summed E-state index contributed by atoms with van der Waals surface area (Å²) in [5, 5.41) is 0. The number of ether oxygens (including phenoxy) is 1. The predicted octanol–water partition coefficient (Wildman–Crippen LogP) is 10.1. The van der Waals surface area contributed by atoms with Gasteiger partial charge in [0.15, 0.2) is 0 Å². The molecular formula is C32H52O2. The number of benzene rings is 1. The summed E-state index contributed by atoms with van der Waals surface area (Å²) in [7, 11) is 0. The molecule has 1 saturated carbocycles. The highest BCUT2D eigenvalue weighted by Crippen LogP contribution is 2.40. The van der Waals surface area contributed by atoms with Gasteiger partial charge in [-0.25, -0.2) is 0 Å². The van der Waals surface area contributed by atoms with Crippen LogP contribution in [0.5, 0.6) is 0 Å². The van der Waals surface area contributed by atoms with E-state index in [1.54, 1.807) is 0 Å². The smallest absolute Gasteiger partial charge is 0.309 e. The van der Waals surface area contributed by atoms with Gasteiger partial charge in [0, 0.05) is 6.42 Å². The van der Waals surface area contributed by atoms with Crippen LogP contribution in [-0.4, -0.2) is 5.97 Å². The van der Waals surface area contributed by atoms with Crippen molar-refractivity contribution in [3.8, 4) is 0 Å². The van der Waals surface area contributed by atoms with Gasteiger partial charge in [-0.2, -0.15) is 0 Å². The Hall–Kier alpha value is -1.31. The summed E-state index contributed by atoms with van der Waals surface area (Å²) in [5.41, 5.74) is 2.69. The number of esters is 1. The fourth-order valence-electron chi connectivity index (χ4n) is 6.23. The molecule has 2 unspecified atom stereocenters. The van der Waals surface area contributed by atoms with E-state index in [0.29, 0.717) is 0 Å². The first-order chi connectivity index (χ1) is 16.7. The molecule has 0 radical (unpaired) electrons. The Morgan fingerprint density at radius 1 is 0.676 bits per heavy atom. The molecule has 0 bridgehead atoms. The van der Waals surface area contributed by atoms with Gasteiger partial charge in [-0.05, 0) is 55.1 Å². The fraction of sp³-hybridized carbons (Fsp3) is 0.781. The highest BCUT2D eigenvalue weighted by Gasteiger charge is 2.34. The van der Waals surface area contributed by atoms with Gasteiger partial charge in [-0.3, -0.25) is 4.79 Å². The van der Waals surface area contributed by atoms with E-state index in [2.05, 4.69) is 38.1 Å². The Kier molecular flexibility index (Phi) is 12.5. The zero-order valence-electron chi connectivity index (χ0n) is 22.4. The van der Waals surface area contributed by atoms with Gasteiger partial charge in [0.2, 0.25) is 0 Å². The molecule has 1 aromatic carbocycles. The van der Waals surface area contributed by atoms with Crippen LogP contribution in [0.1, 0.15) is 159 Å². The van der Waals surface area contributed by atoms with E-state index >= 15 is 0 Å². The molecule has 34 heavy (non-hydrogen) atoms. The van der Waals surface area contributed by atoms with E-state index < -0.39 is 0 Å². The van der Waals surface area contributed by atoms with Crippen LogP contribution < -0.4 is 0 Å². The van der Waals surface area contributed by atoms with Gasteiger partial charge in [-0.1, -0.05) is 122 Å². The van der Waals surface area contributed by atoms with Crippen molar-refractivity contribution >= 4 is 5.97 Å². The van der Waals surface area contributed by atoms with Gasteiger partial charge >= 0.3 is 5.97 Å². The second kappa shape index (κ2) is 15.6. The largest absolute Gasteiger partial charge is 0.457 e.